The number of hydrogen-bond donors (Lipinski definition) is 2. The molecule has 29 heavy (non-hydrogen) atoms. The molecule has 5 heteroatoms. The van der Waals surface area contributed by atoms with Crippen molar-refractivity contribution in [2.75, 3.05) is 29.9 Å². The lowest BCUT2D eigenvalue weighted by atomic mass is 9.49. The second-order valence-corrected chi connectivity index (χ2v) is 9.99. The van der Waals surface area contributed by atoms with Gasteiger partial charge in [0.1, 0.15) is 0 Å². The van der Waals surface area contributed by atoms with Crippen molar-refractivity contribution in [3.63, 3.8) is 0 Å². The summed E-state index contributed by atoms with van der Waals surface area (Å²) in [5.74, 6) is 2.19. The second kappa shape index (κ2) is 7.66. The highest BCUT2D eigenvalue weighted by atomic mass is 16.2. The third-order valence-corrected chi connectivity index (χ3v) is 7.80. The number of anilines is 2. The number of carbonyl (C=O) groups excluding carboxylic acids is 2. The minimum atomic E-state index is -0.194. The van der Waals surface area contributed by atoms with Gasteiger partial charge in [-0.3, -0.25) is 9.59 Å². The van der Waals surface area contributed by atoms with E-state index in [0.29, 0.717) is 0 Å². The number of nitrogens with zero attached hydrogens (tertiary/aromatic N) is 1. The van der Waals surface area contributed by atoms with Gasteiger partial charge >= 0.3 is 0 Å². The van der Waals surface area contributed by atoms with Gasteiger partial charge in [-0.05, 0) is 87.7 Å². The average Bonchev–Trinajstić information content (AvgIpc) is 2.72. The Morgan fingerprint density at radius 1 is 0.931 bits per heavy atom. The highest BCUT2D eigenvalue weighted by Crippen LogP contribution is 2.60. The van der Waals surface area contributed by atoms with Crippen LogP contribution >= 0.6 is 0 Å². The summed E-state index contributed by atoms with van der Waals surface area (Å²) < 4.78 is 0. The van der Waals surface area contributed by atoms with Crippen molar-refractivity contribution < 1.29 is 9.59 Å². The minimum absolute atomic E-state index is 0.0644. The molecule has 0 aromatic heterocycles. The first-order chi connectivity index (χ1) is 14.1. The molecule has 1 aromatic carbocycles. The first-order valence-corrected chi connectivity index (χ1v) is 11.5. The number of carbonyl (C=O) groups is 2. The van der Waals surface area contributed by atoms with Gasteiger partial charge in [0.25, 0.3) is 0 Å². The summed E-state index contributed by atoms with van der Waals surface area (Å²) in [5.41, 5.74) is 1.75. The molecule has 2 N–H and O–H groups in total. The van der Waals surface area contributed by atoms with E-state index in [-0.39, 0.29) is 23.8 Å². The maximum Gasteiger partial charge on any atom is 0.243 e. The van der Waals surface area contributed by atoms with Crippen LogP contribution in [0, 0.1) is 23.2 Å². The molecule has 4 saturated carbocycles. The fourth-order valence-corrected chi connectivity index (χ4v) is 6.92. The molecule has 4 bridgehead atoms. The van der Waals surface area contributed by atoms with Crippen molar-refractivity contribution in [1.82, 2.24) is 5.32 Å². The summed E-state index contributed by atoms with van der Waals surface area (Å²) in [6.07, 6.45) is 10.7. The first-order valence-electron chi connectivity index (χ1n) is 11.5. The van der Waals surface area contributed by atoms with Crippen LogP contribution < -0.4 is 15.5 Å². The Labute approximate surface area is 173 Å². The van der Waals surface area contributed by atoms with Gasteiger partial charge in [0.15, 0.2) is 0 Å². The van der Waals surface area contributed by atoms with Crippen molar-refractivity contribution in [2.24, 2.45) is 23.2 Å². The van der Waals surface area contributed by atoms with E-state index in [2.05, 4.69) is 21.6 Å². The van der Waals surface area contributed by atoms with Crippen molar-refractivity contribution in [3.8, 4) is 0 Å². The molecule has 1 aliphatic heterocycles. The fourth-order valence-electron chi connectivity index (χ4n) is 6.92. The normalized spacial score (nSPS) is 32.8. The number of rotatable bonds is 5. The molecule has 5 aliphatic rings. The summed E-state index contributed by atoms with van der Waals surface area (Å²) in [6.45, 7) is 2.14. The largest absolute Gasteiger partial charge is 0.370 e. The topological polar surface area (TPSA) is 61.4 Å². The van der Waals surface area contributed by atoms with Gasteiger partial charge in [-0.2, -0.15) is 0 Å². The average molecular weight is 396 g/mol. The van der Waals surface area contributed by atoms with Gasteiger partial charge in [-0.1, -0.05) is 12.1 Å². The van der Waals surface area contributed by atoms with Crippen molar-refractivity contribution in [2.45, 2.75) is 57.8 Å². The van der Waals surface area contributed by atoms with Crippen molar-refractivity contribution in [3.05, 3.63) is 24.3 Å². The fraction of sp³-hybridized carbons (Fsp3) is 0.667. The Morgan fingerprint density at radius 2 is 1.55 bits per heavy atom. The Kier molecular flexibility index (Phi) is 5.00. The van der Waals surface area contributed by atoms with Gasteiger partial charge in [0, 0.05) is 18.5 Å². The molecule has 4 aliphatic carbocycles. The summed E-state index contributed by atoms with van der Waals surface area (Å²) >= 11 is 0. The molecule has 0 radical (unpaired) electrons. The monoisotopic (exact) mass is 395 g/mol. The number of para-hydroxylation sites is 2. The molecule has 156 valence electrons. The highest BCUT2D eigenvalue weighted by molar-refractivity contribution is 5.98. The molecule has 1 aromatic rings. The molecular weight excluding hydrogens is 362 g/mol. The van der Waals surface area contributed by atoms with Crippen LogP contribution in [0.4, 0.5) is 11.4 Å². The highest BCUT2D eigenvalue weighted by Gasteiger charge is 2.54. The van der Waals surface area contributed by atoms with Gasteiger partial charge in [-0.15, -0.1) is 0 Å². The van der Waals surface area contributed by atoms with Gasteiger partial charge in [0.05, 0.1) is 17.9 Å². The van der Waals surface area contributed by atoms with Crippen LogP contribution in [0.5, 0.6) is 0 Å². The van der Waals surface area contributed by atoms with Gasteiger partial charge in [-0.25, -0.2) is 0 Å². The molecule has 6 rings (SSSR count). The third-order valence-electron chi connectivity index (χ3n) is 7.80. The summed E-state index contributed by atoms with van der Waals surface area (Å²) in [4.78, 5) is 28.1. The van der Waals surface area contributed by atoms with Crippen LogP contribution in [-0.2, 0) is 9.59 Å². The molecule has 0 spiro atoms. The van der Waals surface area contributed by atoms with Crippen LogP contribution in [0.2, 0.25) is 0 Å². The predicted octanol–water partition coefficient (Wildman–Crippen LogP) is 3.95. The van der Waals surface area contributed by atoms with E-state index in [9.17, 15) is 9.59 Å². The third kappa shape index (κ3) is 3.76. The molecule has 5 nitrogen and oxygen atoms in total. The van der Waals surface area contributed by atoms with E-state index < -0.39 is 0 Å². The zero-order valence-corrected chi connectivity index (χ0v) is 17.3. The molecular formula is C24H33N3O2. The smallest absolute Gasteiger partial charge is 0.243 e. The second-order valence-electron chi connectivity index (χ2n) is 9.99. The zero-order valence-electron chi connectivity index (χ0n) is 17.3. The van der Waals surface area contributed by atoms with E-state index in [1.165, 1.54) is 38.5 Å². The maximum atomic E-state index is 13.1. The first kappa shape index (κ1) is 19.0. The number of nitrogens with one attached hydrogen (secondary N) is 2. The van der Waals surface area contributed by atoms with E-state index >= 15 is 0 Å². The lowest BCUT2D eigenvalue weighted by Gasteiger charge is -2.55. The summed E-state index contributed by atoms with van der Waals surface area (Å²) in [7, 11) is 0. The van der Waals surface area contributed by atoms with Crippen molar-refractivity contribution in [1.29, 1.82) is 0 Å². The Balaban J connectivity index is 1.19. The van der Waals surface area contributed by atoms with Gasteiger partial charge in [0.2, 0.25) is 11.8 Å². The predicted molar refractivity (Wildman–Crippen MR) is 115 cm³/mol. The quantitative estimate of drug-likeness (QED) is 0.794. The molecule has 5 fully saturated rings. The summed E-state index contributed by atoms with van der Waals surface area (Å²) in [5, 5.41) is 6.04. The number of amides is 2. The van der Waals surface area contributed by atoms with Gasteiger partial charge < -0.3 is 15.5 Å². The van der Waals surface area contributed by atoms with E-state index in [4.69, 9.17) is 0 Å². The maximum absolute atomic E-state index is 13.1. The summed E-state index contributed by atoms with van der Waals surface area (Å²) in [6, 6.07) is 8.02. The Bertz CT molecular complexity index is 749. The van der Waals surface area contributed by atoms with Crippen LogP contribution in [0.25, 0.3) is 0 Å². The van der Waals surface area contributed by atoms with Crippen LogP contribution in [0.3, 0.4) is 0 Å². The Hall–Kier alpha value is -2.04. The lowest BCUT2D eigenvalue weighted by Crippen LogP contribution is -2.54. The zero-order chi connectivity index (χ0) is 19.8. The SMILES string of the molecule is O=C(CNC(=O)C12CC3CC(CC(C3)C1)C2)Nc1ccccc1N1CCCCC1. The van der Waals surface area contributed by atoms with E-state index in [0.717, 1.165) is 61.5 Å². The molecule has 1 heterocycles. The van der Waals surface area contributed by atoms with Crippen LogP contribution in [0.1, 0.15) is 57.8 Å². The Morgan fingerprint density at radius 3 is 2.21 bits per heavy atom. The molecule has 0 unspecified atom stereocenters. The number of benzene rings is 1. The molecule has 1 saturated heterocycles. The van der Waals surface area contributed by atoms with Crippen molar-refractivity contribution >= 4 is 23.2 Å². The van der Waals surface area contributed by atoms with Crippen LogP contribution in [0.15, 0.2) is 24.3 Å². The van der Waals surface area contributed by atoms with E-state index in [1.807, 2.05) is 18.2 Å². The molecule has 2 amide bonds. The minimum Gasteiger partial charge on any atom is -0.370 e. The number of hydrogen-bond acceptors (Lipinski definition) is 3. The lowest BCUT2D eigenvalue weighted by molar-refractivity contribution is -0.146. The standard InChI is InChI=1S/C24H33N3O2/c28-22(26-20-6-2-3-7-21(20)27-8-4-1-5-9-27)16-25-23(29)24-13-17-10-18(14-24)12-19(11-17)15-24/h2-3,6-7,17-19H,1,4-5,8-16H2,(H,25,29)(H,26,28). The van der Waals surface area contributed by atoms with E-state index in [1.54, 1.807) is 0 Å². The number of piperidine rings is 1. The molecule has 0 atom stereocenters. The van der Waals surface area contributed by atoms with Crippen LogP contribution in [-0.4, -0.2) is 31.4 Å².